The first-order valence-corrected chi connectivity index (χ1v) is 10.2. The molecule has 0 saturated heterocycles. The number of hydrogen-bond donors (Lipinski definition) is 2. The lowest BCUT2D eigenvalue weighted by Gasteiger charge is -2.15. The number of methoxy groups -OCH3 is 1. The van der Waals surface area contributed by atoms with Gasteiger partial charge in [-0.25, -0.2) is 4.98 Å². The van der Waals surface area contributed by atoms with E-state index in [4.69, 9.17) is 4.74 Å². The van der Waals surface area contributed by atoms with Crippen molar-refractivity contribution in [2.45, 2.75) is 44.1 Å². The molecule has 1 amide bonds. The first-order valence-electron chi connectivity index (χ1n) is 10.2. The number of H-pyrrole nitrogens is 1. The Morgan fingerprint density at radius 1 is 1.24 bits per heavy atom. The van der Waals surface area contributed by atoms with Gasteiger partial charge in [-0.2, -0.15) is 5.10 Å². The maximum absolute atomic E-state index is 12.6. The molecule has 29 heavy (non-hydrogen) atoms. The topological polar surface area (TPSA) is 84.8 Å². The van der Waals surface area contributed by atoms with Gasteiger partial charge in [-0.05, 0) is 43.0 Å². The number of fused-ring (bicyclic) bond motifs is 1. The quantitative estimate of drug-likeness (QED) is 0.677. The van der Waals surface area contributed by atoms with Crippen LogP contribution in [0.25, 0.3) is 0 Å². The highest BCUT2D eigenvalue weighted by atomic mass is 16.5. The van der Waals surface area contributed by atoms with E-state index < -0.39 is 0 Å². The van der Waals surface area contributed by atoms with Crippen molar-refractivity contribution in [1.29, 1.82) is 0 Å². The average Bonchev–Trinajstić information content (AvgIpc) is 3.38. The van der Waals surface area contributed by atoms with Crippen molar-refractivity contribution in [1.82, 2.24) is 25.1 Å². The van der Waals surface area contributed by atoms with E-state index >= 15 is 0 Å². The van der Waals surface area contributed by atoms with Crippen molar-refractivity contribution >= 4 is 5.91 Å². The molecule has 1 aliphatic carbocycles. The number of carbonyl (C=O) groups excluding carboxylic acids is 1. The monoisotopic (exact) mass is 391 g/mol. The minimum atomic E-state index is -0.106. The second kappa shape index (κ2) is 7.39. The number of amides is 1. The van der Waals surface area contributed by atoms with E-state index in [9.17, 15) is 4.79 Å². The van der Waals surface area contributed by atoms with Crippen LogP contribution in [0.3, 0.4) is 0 Å². The summed E-state index contributed by atoms with van der Waals surface area (Å²) >= 11 is 0. The molecule has 1 fully saturated rings. The maximum atomic E-state index is 12.6. The highest BCUT2D eigenvalue weighted by molar-refractivity contribution is 5.94. The third-order valence-electron chi connectivity index (χ3n) is 5.87. The molecule has 0 unspecified atom stereocenters. The molecule has 2 aromatic heterocycles. The molecule has 5 rings (SSSR count). The second-order valence-corrected chi connectivity index (χ2v) is 7.90. The molecule has 2 N–H and O–H groups in total. The normalized spacial score (nSPS) is 18.8. The van der Waals surface area contributed by atoms with Crippen LogP contribution in [0.2, 0.25) is 0 Å². The molecule has 3 aromatic rings. The van der Waals surface area contributed by atoms with Gasteiger partial charge in [0.1, 0.15) is 17.3 Å². The van der Waals surface area contributed by atoms with Crippen LogP contribution in [0.4, 0.5) is 0 Å². The van der Waals surface area contributed by atoms with E-state index in [1.54, 1.807) is 7.11 Å². The maximum Gasteiger partial charge on any atom is 0.271 e. The van der Waals surface area contributed by atoms with Crippen molar-refractivity contribution < 1.29 is 9.53 Å². The molecule has 1 aromatic carbocycles. The van der Waals surface area contributed by atoms with Crippen LogP contribution in [0.15, 0.2) is 36.5 Å². The summed E-state index contributed by atoms with van der Waals surface area (Å²) in [5.74, 6) is 2.41. The fourth-order valence-corrected chi connectivity index (χ4v) is 4.13. The average molecular weight is 391 g/mol. The Labute approximate surface area is 169 Å². The van der Waals surface area contributed by atoms with Gasteiger partial charge in [0.15, 0.2) is 0 Å². The number of aromatic nitrogens is 4. The van der Waals surface area contributed by atoms with E-state index in [2.05, 4.69) is 37.2 Å². The van der Waals surface area contributed by atoms with Gasteiger partial charge >= 0.3 is 0 Å². The number of hydrogen-bond acceptors (Lipinski definition) is 4. The predicted octanol–water partition coefficient (Wildman–Crippen LogP) is 2.80. The molecule has 1 atom stereocenters. The van der Waals surface area contributed by atoms with Crippen molar-refractivity contribution in [2.24, 2.45) is 0 Å². The molecule has 0 radical (unpaired) electrons. The zero-order valence-corrected chi connectivity index (χ0v) is 16.5. The van der Waals surface area contributed by atoms with Gasteiger partial charge in [-0.1, -0.05) is 12.1 Å². The molecular formula is C22H25N5O2. The van der Waals surface area contributed by atoms with Crippen LogP contribution in [-0.2, 0) is 19.4 Å². The molecule has 7 nitrogen and oxygen atoms in total. The first kappa shape index (κ1) is 18.0. The molecule has 0 bridgehead atoms. The number of rotatable bonds is 6. The van der Waals surface area contributed by atoms with Crippen LogP contribution in [-0.4, -0.2) is 39.3 Å². The number of aryl methyl sites for hydroxylation is 2. The zero-order chi connectivity index (χ0) is 19.8. The molecule has 7 heteroatoms. The third kappa shape index (κ3) is 3.64. The minimum Gasteiger partial charge on any atom is -0.497 e. The summed E-state index contributed by atoms with van der Waals surface area (Å²) < 4.78 is 7.43. The number of nitrogens with one attached hydrogen (secondary N) is 2. The van der Waals surface area contributed by atoms with Crippen LogP contribution in [0, 0.1) is 0 Å². The van der Waals surface area contributed by atoms with Gasteiger partial charge < -0.3 is 15.0 Å². The van der Waals surface area contributed by atoms with Crippen molar-refractivity contribution in [3.05, 3.63) is 65.0 Å². The standard InChI is InChI=1S/C22H25N5O2/c1-29-17-4-2-3-15(11-17)16-12-18-21(22(28)23-13-16)26-20(25-18)8-10-27-19(7-9-24-27)14-5-6-14/h2-4,7,9,11,14,16H,5-6,8,10,12-13H2,1H3,(H,23,28)(H,25,26)/t16-/m0/s1. The van der Waals surface area contributed by atoms with Gasteiger partial charge in [0.05, 0.1) is 7.11 Å². The highest BCUT2D eigenvalue weighted by Crippen LogP contribution is 2.39. The Balaban J connectivity index is 1.34. The number of imidazole rings is 1. The summed E-state index contributed by atoms with van der Waals surface area (Å²) in [5, 5.41) is 7.48. The molecule has 3 heterocycles. The molecule has 0 spiro atoms. The smallest absolute Gasteiger partial charge is 0.271 e. The molecule has 2 aliphatic rings. The second-order valence-electron chi connectivity index (χ2n) is 7.90. The number of carbonyl (C=O) groups is 1. The summed E-state index contributed by atoms with van der Waals surface area (Å²) in [5.41, 5.74) is 3.90. The van der Waals surface area contributed by atoms with E-state index in [1.165, 1.54) is 18.5 Å². The molecule has 150 valence electrons. The van der Waals surface area contributed by atoms with E-state index in [0.717, 1.165) is 42.2 Å². The number of benzene rings is 1. The Kier molecular flexibility index (Phi) is 4.58. The Hall–Kier alpha value is -3.09. The molecular weight excluding hydrogens is 366 g/mol. The third-order valence-corrected chi connectivity index (χ3v) is 5.87. The van der Waals surface area contributed by atoms with Crippen LogP contribution in [0.1, 0.15) is 57.9 Å². The van der Waals surface area contributed by atoms with Crippen LogP contribution < -0.4 is 10.1 Å². The minimum absolute atomic E-state index is 0.106. The van der Waals surface area contributed by atoms with Gasteiger partial charge in [-0.3, -0.25) is 9.48 Å². The molecule has 1 saturated carbocycles. The lowest BCUT2D eigenvalue weighted by Crippen LogP contribution is -2.26. The number of ether oxygens (including phenoxy) is 1. The largest absolute Gasteiger partial charge is 0.497 e. The van der Waals surface area contributed by atoms with Crippen molar-refractivity contribution in [2.75, 3.05) is 13.7 Å². The number of aromatic amines is 1. The zero-order valence-electron chi connectivity index (χ0n) is 16.5. The van der Waals surface area contributed by atoms with Crippen LogP contribution in [0.5, 0.6) is 5.75 Å². The fourth-order valence-electron chi connectivity index (χ4n) is 4.13. The fraction of sp³-hybridized carbons (Fsp3) is 0.409. The summed E-state index contributed by atoms with van der Waals surface area (Å²) in [4.78, 5) is 20.6. The summed E-state index contributed by atoms with van der Waals surface area (Å²) in [7, 11) is 1.67. The molecule has 1 aliphatic heterocycles. The van der Waals surface area contributed by atoms with Crippen molar-refractivity contribution in [3.63, 3.8) is 0 Å². The Morgan fingerprint density at radius 3 is 2.97 bits per heavy atom. The SMILES string of the molecule is COc1cccc([C@@H]2CNC(=O)c3nc(CCn4nccc4C4CC4)[nH]c3C2)c1. The number of nitrogens with zero attached hydrogens (tertiary/aromatic N) is 3. The van der Waals surface area contributed by atoms with Gasteiger partial charge in [0.2, 0.25) is 0 Å². The summed E-state index contributed by atoms with van der Waals surface area (Å²) in [6, 6.07) is 10.2. The van der Waals surface area contributed by atoms with E-state index in [1.807, 2.05) is 24.4 Å². The lowest BCUT2D eigenvalue weighted by atomic mass is 9.94. The van der Waals surface area contributed by atoms with Gasteiger partial charge in [-0.15, -0.1) is 0 Å². The van der Waals surface area contributed by atoms with Crippen molar-refractivity contribution in [3.8, 4) is 5.75 Å². The Bertz CT molecular complexity index is 1030. The van der Waals surface area contributed by atoms with E-state index in [0.29, 0.717) is 18.2 Å². The lowest BCUT2D eigenvalue weighted by molar-refractivity contribution is 0.0950. The van der Waals surface area contributed by atoms with Gasteiger partial charge in [0, 0.05) is 48.9 Å². The predicted molar refractivity (Wildman–Crippen MR) is 108 cm³/mol. The highest BCUT2D eigenvalue weighted by Gasteiger charge is 2.28. The summed E-state index contributed by atoms with van der Waals surface area (Å²) in [6.07, 6.45) is 5.85. The van der Waals surface area contributed by atoms with Crippen LogP contribution >= 0.6 is 0 Å². The van der Waals surface area contributed by atoms with Gasteiger partial charge in [0.25, 0.3) is 5.91 Å². The first-order chi connectivity index (χ1) is 14.2. The van der Waals surface area contributed by atoms with E-state index in [-0.39, 0.29) is 11.8 Å². The summed E-state index contributed by atoms with van der Waals surface area (Å²) in [6.45, 7) is 1.36. The Morgan fingerprint density at radius 2 is 2.14 bits per heavy atom.